The molecule has 0 aliphatic rings. The number of halogens is 8. The van der Waals surface area contributed by atoms with Crippen LogP contribution in [-0.4, -0.2) is 0 Å². The third kappa shape index (κ3) is 3.08. The van der Waals surface area contributed by atoms with E-state index in [1.165, 1.54) is 6.07 Å². The number of alkyl halides is 2. The zero-order chi connectivity index (χ0) is 15.9. The predicted molar refractivity (Wildman–Crippen MR) is 81.8 cm³/mol. The number of hydrogen-bond donors (Lipinski definition) is 0. The van der Waals surface area contributed by atoms with Gasteiger partial charge in [0.25, 0.3) is 6.43 Å². The highest BCUT2D eigenvalue weighted by Gasteiger charge is 2.22. The van der Waals surface area contributed by atoms with Gasteiger partial charge in [-0.15, -0.1) is 0 Å². The van der Waals surface area contributed by atoms with E-state index in [1.54, 1.807) is 0 Å². The SMILES string of the molecule is Fc1cc(-c2c(Cl)c(Cl)c(Cl)c(Cl)c2Cl)ccc1C(F)F. The van der Waals surface area contributed by atoms with Gasteiger partial charge in [0.2, 0.25) is 0 Å². The molecule has 0 aliphatic heterocycles. The van der Waals surface area contributed by atoms with Gasteiger partial charge < -0.3 is 0 Å². The fraction of sp³-hybridized carbons (Fsp3) is 0.0769. The quantitative estimate of drug-likeness (QED) is 0.362. The minimum Gasteiger partial charge on any atom is -0.206 e. The van der Waals surface area contributed by atoms with Gasteiger partial charge in [-0.2, -0.15) is 0 Å². The van der Waals surface area contributed by atoms with Crippen molar-refractivity contribution in [2.45, 2.75) is 6.43 Å². The van der Waals surface area contributed by atoms with Crippen molar-refractivity contribution in [1.29, 1.82) is 0 Å². The largest absolute Gasteiger partial charge is 0.266 e. The van der Waals surface area contributed by atoms with Crippen LogP contribution in [0.5, 0.6) is 0 Å². The van der Waals surface area contributed by atoms with E-state index in [1.807, 2.05) is 0 Å². The summed E-state index contributed by atoms with van der Waals surface area (Å²) in [4.78, 5) is 0. The van der Waals surface area contributed by atoms with E-state index < -0.39 is 17.8 Å². The topological polar surface area (TPSA) is 0 Å². The first-order valence-corrected chi connectivity index (χ1v) is 7.24. The molecule has 0 atom stereocenters. The summed E-state index contributed by atoms with van der Waals surface area (Å²) < 4.78 is 38.8. The Morgan fingerprint density at radius 3 is 1.67 bits per heavy atom. The molecule has 0 nitrogen and oxygen atoms in total. The zero-order valence-electron chi connectivity index (χ0n) is 9.83. The molecule has 2 aromatic rings. The molecule has 0 fully saturated rings. The Hall–Kier alpha value is -0.320. The summed E-state index contributed by atoms with van der Waals surface area (Å²) in [6.45, 7) is 0. The molecule has 0 N–H and O–H groups in total. The maximum absolute atomic E-state index is 13.7. The average Bonchev–Trinajstić information content (AvgIpc) is 2.43. The number of rotatable bonds is 2. The van der Waals surface area contributed by atoms with E-state index in [4.69, 9.17) is 58.0 Å². The molecule has 0 aliphatic carbocycles. The fourth-order valence-corrected chi connectivity index (χ4v) is 3.07. The van der Waals surface area contributed by atoms with E-state index in [9.17, 15) is 13.2 Å². The summed E-state index contributed by atoms with van der Waals surface area (Å²) in [5.41, 5.74) is -0.443. The van der Waals surface area contributed by atoms with E-state index >= 15 is 0 Å². The van der Waals surface area contributed by atoms with Crippen LogP contribution in [0.3, 0.4) is 0 Å². The van der Waals surface area contributed by atoms with Gasteiger partial charge in [-0.05, 0) is 17.7 Å². The number of benzene rings is 2. The molecule has 0 saturated carbocycles. The van der Waals surface area contributed by atoms with Gasteiger partial charge in [-0.1, -0.05) is 64.1 Å². The van der Waals surface area contributed by atoms with Gasteiger partial charge in [0.15, 0.2) is 0 Å². The van der Waals surface area contributed by atoms with Crippen LogP contribution in [0.2, 0.25) is 25.1 Å². The zero-order valence-corrected chi connectivity index (χ0v) is 13.6. The van der Waals surface area contributed by atoms with Crippen LogP contribution in [0.15, 0.2) is 18.2 Å². The highest BCUT2D eigenvalue weighted by atomic mass is 35.5. The van der Waals surface area contributed by atoms with Crippen molar-refractivity contribution < 1.29 is 13.2 Å². The Morgan fingerprint density at radius 1 is 0.762 bits per heavy atom. The van der Waals surface area contributed by atoms with Crippen LogP contribution in [-0.2, 0) is 0 Å². The van der Waals surface area contributed by atoms with Crippen molar-refractivity contribution in [2.75, 3.05) is 0 Å². The van der Waals surface area contributed by atoms with Crippen molar-refractivity contribution in [3.63, 3.8) is 0 Å². The van der Waals surface area contributed by atoms with Gasteiger partial charge in [0, 0.05) is 5.56 Å². The second-order valence-electron chi connectivity index (χ2n) is 3.98. The molecule has 112 valence electrons. The van der Waals surface area contributed by atoms with Crippen molar-refractivity contribution in [3.8, 4) is 11.1 Å². The normalized spacial score (nSPS) is 11.3. The monoisotopic (exact) mass is 392 g/mol. The van der Waals surface area contributed by atoms with Crippen LogP contribution >= 0.6 is 58.0 Å². The average molecular weight is 394 g/mol. The molecule has 0 bridgehead atoms. The van der Waals surface area contributed by atoms with E-state index in [2.05, 4.69) is 0 Å². The van der Waals surface area contributed by atoms with E-state index in [0.29, 0.717) is 0 Å². The molecule has 0 spiro atoms. The highest BCUT2D eigenvalue weighted by Crippen LogP contribution is 2.48. The summed E-state index contributed by atoms with van der Waals surface area (Å²) >= 11 is 29.7. The molecule has 21 heavy (non-hydrogen) atoms. The lowest BCUT2D eigenvalue weighted by Gasteiger charge is -2.13. The van der Waals surface area contributed by atoms with Gasteiger partial charge >= 0.3 is 0 Å². The molecular formula is C13H4Cl5F3. The van der Waals surface area contributed by atoms with E-state index in [0.717, 1.165) is 12.1 Å². The summed E-state index contributed by atoms with van der Waals surface area (Å²) in [6, 6.07) is 3.08. The fourth-order valence-electron chi connectivity index (χ4n) is 1.72. The molecular weight excluding hydrogens is 390 g/mol. The summed E-state index contributed by atoms with van der Waals surface area (Å²) in [6.07, 6.45) is -2.93. The van der Waals surface area contributed by atoms with Gasteiger partial charge in [0.1, 0.15) is 5.82 Å². The molecule has 0 saturated heterocycles. The third-order valence-electron chi connectivity index (χ3n) is 2.73. The minimum absolute atomic E-state index is 0.0400. The maximum Gasteiger partial charge on any atom is 0.266 e. The van der Waals surface area contributed by atoms with Crippen LogP contribution in [0.4, 0.5) is 13.2 Å². The predicted octanol–water partition coefficient (Wildman–Crippen LogP) is 7.70. The maximum atomic E-state index is 13.7. The van der Waals surface area contributed by atoms with Crippen LogP contribution in [0.1, 0.15) is 12.0 Å². The van der Waals surface area contributed by atoms with Gasteiger partial charge in [-0.25, -0.2) is 13.2 Å². The van der Waals surface area contributed by atoms with Crippen molar-refractivity contribution in [1.82, 2.24) is 0 Å². The first-order chi connectivity index (χ1) is 9.75. The summed E-state index contributed by atoms with van der Waals surface area (Å²) in [5, 5.41) is -0.232. The summed E-state index contributed by atoms with van der Waals surface area (Å²) in [7, 11) is 0. The standard InChI is InChI=1S/C13H4Cl5F3/c14-8-7(9(15)11(17)12(18)10(8)16)4-1-2-5(13(20)21)6(19)3-4/h1-3,13H. The highest BCUT2D eigenvalue weighted by molar-refractivity contribution is 6.56. The Labute approximate surface area is 143 Å². The Balaban J connectivity index is 2.71. The molecule has 0 unspecified atom stereocenters. The lowest BCUT2D eigenvalue weighted by atomic mass is 10.0. The lowest BCUT2D eigenvalue weighted by Crippen LogP contribution is -1.93. The minimum atomic E-state index is -2.93. The van der Waals surface area contributed by atoms with Crippen molar-refractivity contribution in [3.05, 3.63) is 54.7 Å². The van der Waals surface area contributed by atoms with Crippen LogP contribution in [0, 0.1) is 5.82 Å². The molecule has 0 aromatic heterocycles. The Bertz CT molecular complexity index is 686. The van der Waals surface area contributed by atoms with Crippen LogP contribution in [0.25, 0.3) is 11.1 Å². The third-order valence-corrected chi connectivity index (χ3v) is 5.01. The summed E-state index contributed by atoms with van der Waals surface area (Å²) in [5.74, 6) is -1.09. The van der Waals surface area contributed by atoms with Crippen molar-refractivity contribution >= 4 is 58.0 Å². The second kappa shape index (κ2) is 6.43. The first-order valence-electron chi connectivity index (χ1n) is 5.35. The Kier molecular flexibility index (Phi) is 5.22. The smallest absolute Gasteiger partial charge is 0.206 e. The lowest BCUT2D eigenvalue weighted by molar-refractivity contribution is 0.146. The molecule has 2 rings (SSSR count). The van der Waals surface area contributed by atoms with Gasteiger partial charge in [-0.3, -0.25) is 0 Å². The van der Waals surface area contributed by atoms with Gasteiger partial charge in [0.05, 0.1) is 30.7 Å². The number of hydrogen-bond acceptors (Lipinski definition) is 0. The molecule has 8 heteroatoms. The first kappa shape index (κ1) is 17.0. The van der Waals surface area contributed by atoms with Crippen LogP contribution < -0.4 is 0 Å². The Morgan fingerprint density at radius 2 is 1.24 bits per heavy atom. The molecule has 0 heterocycles. The van der Waals surface area contributed by atoms with E-state index in [-0.39, 0.29) is 36.2 Å². The molecule has 0 amide bonds. The molecule has 0 radical (unpaired) electrons. The second-order valence-corrected chi connectivity index (χ2v) is 5.87. The van der Waals surface area contributed by atoms with Crippen molar-refractivity contribution in [2.24, 2.45) is 0 Å². The molecule has 2 aromatic carbocycles.